The number of rotatable bonds is 2. The summed E-state index contributed by atoms with van der Waals surface area (Å²) in [5.41, 5.74) is 1.53. The third-order valence-corrected chi connectivity index (χ3v) is 2.61. The molecule has 1 heterocycles. The highest BCUT2D eigenvalue weighted by Gasteiger charge is 2.29. The first-order chi connectivity index (χ1) is 6.88. The Labute approximate surface area is 80.7 Å². The second kappa shape index (κ2) is 2.67. The lowest BCUT2D eigenvalue weighted by Gasteiger charge is -1.92. The van der Waals surface area contributed by atoms with Gasteiger partial charge in [0.15, 0.2) is 0 Å². The minimum absolute atomic E-state index is 0.530. The van der Waals surface area contributed by atoms with Gasteiger partial charge in [-0.25, -0.2) is 0 Å². The number of aromatic nitrogens is 1. The van der Waals surface area contributed by atoms with Crippen LogP contribution in [0.25, 0.3) is 10.9 Å². The van der Waals surface area contributed by atoms with E-state index in [0.29, 0.717) is 11.5 Å². The van der Waals surface area contributed by atoms with E-state index in [9.17, 15) is 4.79 Å². The summed E-state index contributed by atoms with van der Waals surface area (Å²) >= 11 is 0. The third-order valence-electron chi connectivity index (χ3n) is 2.61. The van der Waals surface area contributed by atoms with E-state index < -0.39 is 0 Å². The molecule has 0 N–H and O–H groups in total. The largest absolute Gasteiger partial charge is 0.360 e. The van der Waals surface area contributed by atoms with Crippen molar-refractivity contribution in [1.82, 2.24) is 5.16 Å². The SMILES string of the molecule is O=Cc1ccc2noc(C3CC3)c2c1. The Bertz CT molecular complexity index is 497. The smallest absolute Gasteiger partial charge is 0.150 e. The van der Waals surface area contributed by atoms with Gasteiger partial charge in [0, 0.05) is 16.9 Å². The first-order valence-corrected chi connectivity index (χ1v) is 4.73. The second-order valence-electron chi connectivity index (χ2n) is 3.72. The lowest BCUT2D eigenvalue weighted by Crippen LogP contribution is -1.80. The molecule has 1 saturated carbocycles. The molecule has 14 heavy (non-hydrogen) atoms. The van der Waals surface area contributed by atoms with Crippen molar-refractivity contribution < 1.29 is 9.32 Å². The average Bonchev–Trinajstić information content (AvgIpc) is 2.98. The van der Waals surface area contributed by atoms with Gasteiger partial charge in [0.05, 0.1) is 0 Å². The van der Waals surface area contributed by atoms with Crippen LogP contribution in [0.5, 0.6) is 0 Å². The fourth-order valence-electron chi connectivity index (χ4n) is 1.69. The lowest BCUT2D eigenvalue weighted by molar-refractivity contribution is 0.112. The van der Waals surface area contributed by atoms with Crippen LogP contribution in [-0.4, -0.2) is 11.4 Å². The summed E-state index contributed by atoms with van der Waals surface area (Å²) in [6.07, 6.45) is 3.20. The van der Waals surface area contributed by atoms with E-state index in [0.717, 1.165) is 22.9 Å². The first-order valence-electron chi connectivity index (χ1n) is 4.73. The Hall–Kier alpha value is -1.64. The Kier molecular flexibility index (Phi) is 1.48. The topological polar surface area (TPSA) is 43.1 Å². The van der Waals surface area contributed by atoms with Crippen molar-refractivity contribution >= 4 is 17.2 Å². The van der Waals surface area contributed by atoms with Crippen LogP contribution in [-0.2, 0) is 0 Å². The van der Waals surface area contributed by atoms with E-state index in [1.807, 2.05) is 12.1 Å². The summed E-state index contributed by atoms with van der Waals surface area (Å²) in [6.45, 7) is 0. The Morgan fingerprint density at radius 1 is 1.43 bits per heavy atom. The average molecular weight is 187 g/mol. The van der Waals surface area contributed by atoms with Crippen LogP contribution in [0.2, 0.25) is 0 Å². The number of benzene rings is 1. The van der Waals surface area contributed by atoms with Gasteiger partial charge in [0.2, 0.25) is 0 Å². The Morgan fingerprint density at radius 2 is 2.29 bits per heavy atom. The number of nitrogens with zero attached hydrogens (tertiary/aromatic N) is 1. The maximum atomic E-state index is 10.6. The summed E-state index contributed by atoms with van der Waals surface area (Å²) in [7, 11) is 0. The van der Waals surface area contributed by atoms with Crippen LogP contribution in [0, 0.1) is 0 Å². The van der Waals surface area contributed by atoms with E-state index in [2.05, 4.69) is 5.16 Å². The monoisotopic (exact) mass is 187 g/mol. The van der Waals surface area contributed by atoms with Crippen molar-refractivity contribution in [2.24, 2.45) is 0 Å². The number of fused-ring (bicyclic) bond motifs is 1. The normalized spacial score (nSPS) is 16.0. The lowest BCUT2D eigenvalue weighted by atomic mass is 10.1. The number of carbonyl (C=O) groups excluding carboxylic acids is 1. The Balaban J connectivity index is 2.25. The molecule has 0 aliphatic heterocycles. The van der Waals surface area contributed by atoms with Gasteiger partial charge in [-0.3, -0.25) is 4.79 Å². The van der Waals surface area contributed by atoms with Crippen molar-refractivity contribution in [1.29, 1.82) is 0 Å². The minimum Gasteiger partial charge on any atom is -0.360 e. The third kappa shape index (κ3) is 1.05. The van der Waals surface area contributed by atoms with Gasteiger partial charge < -0.3 is 4.52 Å². The predicted molar refractivity (Wildman–Crippen MR) is 51.4 cm³/mol. The molecular weight excluding hydrogens is 178 g/mol. The Morgan fingerprint density at radius 3 is 3.00 bits per heavy atom. The van der Waals surface area contributed by atoms with Crippen LogP contribution < -0.4 is 0 Å². The first kappa shape index (κ1) is 7.74. The molecule has 1 aliphatic rings. The zero-order chi connectivity index (χ0) is 9.54. The molecule has 70 valence electrons. The van der Waals surface area contributed by atoms with E-state index in [4.69, 9.17) is 4.52 Å². The van der Waals surface area contributed by atoms with E-state index in [1.54, 1.807) is 6.07 Å². The molecule has 0 unspecified atom stereocenters. The van der Waals surface area contributed by atoms with Gasteiger partial charge in [-0.05, 0) is 31.0 Å². The number of carbonyl (C=O) groups is 1. The number of hydrogen-bond donors (Lipinski definition) is 0. The quantitative estimate of drug-likeness (QED) is 0.678. The van der Waals surface area contributed by atoms with Crippen LogP contribution >= 0.6 is 0 Å². The molecule has 1 aromatic carbocycles. The predicted octanol–water partition coefficient (Wildman–Crippen LogP) is 2.52. The molecule has 1 aromatic heterocycles. The van der Waals surface area contributed by atoms with Crippen molar-refractivity contribution in [2.45, 2.75) is 18.8 Å². The summed E-state index contributed by atoms with van der Waals surface area (Å²) in [5, 5.41) is 4.96. The molecular formula is C11H9NO2. The van der Waals surface area contributed by atoms with Gasteiger partial charge in [0.25, 0.3) is 0 Å². The van der Waals surface area contributed by atoms with Crippen molar-refractivity contribution in [3.63, 3.8) is 0 Å². The summed E-state index contributed by atoms with van der Waals surface area (Å²) in [4.78, 5) is 10.6. The molecule has 0 atom stereocenters. The maximum Gasteiger partial charge on any atom is 0.150 e. The van der Waals surface area contributed by atoms with Crippen molar-refractivity contribution in [2.75, 3.05) is 0 Å². The minimum atomic E-state index is 0.530. The molecule has 0 spiro atoms. The molecule has 1 aliphatic carbocycles. The molecule has 0 radical (unpaired) electrons. The van der Waals surface area contributed by atoms with Crippen LogP contribution in [0.4, 0.5) is 0 Å². The van der Waals surface area contributed by atoms with E-state index in [-0.39, 0.29) is 0 Å². The van der Waals surface area contributed by atoms with Gasteiger partial charge >= 0.3 is 0 Å². The molecule has 3 rings (SSSR count). The van der Waals surface area contributed by atoms with Gasteiger partial charge in [0.1, 0.15) is 17.6 Å². The summed E-state index contributed by atoms with van der Waals surface area (Å²) in [5.74, 6) is 1.48. The van der Waals surface area contributed by atoms with Crippen molar-refractivity contribution in [3.05, 3.63) is 29.5 Å². The van der Waals surface area contributed by atoms with Crippen molar-refractivity contribution in [3.8, 4) is 0 Å². The zero-order valence-electron chi connectivity index (χ0n) is 7.56. The fraction of sp³-hybridized carbons (Fsp3) is 0.273. The molecule has 0 amide bonds. The molecule has 3 nitrogen and oxygen atoms in total. The van der Waals surface area contributed by atoms with Gasteiger partial charge in [-0.2, -0.15) is 0 Å². The number of aldehydes is 1. The highest BCUT2D eigenvalue weighted by atomic mass is 16.5. The fourth-order valence-corrected chi connectivity index (χ4v) is 1.69. The highest BCUT2D eigenvalue weighted by Crippen LogP contribution is 2.43. The van der Waals surface area contributed by atoms with Gasteiger partial charge in [-0.1, -0.05) is 5.16 Å². The van der Waals surface area contributed by atoms with Gasteiger partial charge in [-0.15, -0.1) is 0 Å². The molecule has 1 fully saturated rings. The van der Waals surface area contributed by atoms with Crippen LogP contribution in [0.1, 0.15) is 34.9 Å². The van der Waals surface area contributed by atoms with Crippen LogP contribution in [0.3, 0.4) is 0 Å². The molecule has 0 bridgehead atoms. The second-order valence-corrected chi connectivity index (χ2v) is 3.72. The van der Waals surface area contributed by atoms with E-state index in [1.165, 1.54) is 12.8 Å². The highest BCUT2D eigenvalue weighted by molar-refractivity contribution is 5.88. The maximum absolute atomic E-state index is 10.6. The molecule has 0 saturated heterocycles. The number of hydrogen-bond acceptors (Lipinski definition) is 3. The summed E-state index contributed by atoms with van der Waals surface area (Å²) < 4.78 is 5.27. The van der Waals surface area contributed by atoms with Crippen LogP contribution in [0.15, 0.2) is 22.7 Å². The zero-order valence-corrected chi connectivity index (χ0v) is 7.56. The van der Waals surface area contributed by atoms with E-state index >= 15 is 0 Å². The summed E-state index contributed by atoms with van der Waals surface area (Å²) in [6, 6.07) is 5.44. The molecule has 3 heteroatoms. The standard InChI is InChI=1S/C11H9NO2/c13-6-7-1-4-10-9(5-7)11(14-12-10)8-2-3-8/h1,4-6,8H,2-3H2. The molecule has 2 aromatic rings.